The van der Waals surface area contributed by atoms with Crippen LogP contribution >= 0.6 is 0 Å². The zero-order chi connectivity index (χ0) is 15.0. The van der Waals surface area contributed by atoms with E-state index in [1.807, 2.05) is 0 Å². The Labute approximate surface area is 125 Å². The van der Waals surface area contributed by atoms with Gasteiger partial charge in [0.15, 0.2) is 9.84 Å². The average Bonchev–Trinajstić information content (AvgIpc) is 3.06. The van der Waals surface area contributed by atoms with Crippen LogP contribution in [0.4, 0.5) is 0 Å². The Kier molecular flexibility index (Phi) is 4.05. The Morgan fingerprint density at radius 1 is 1.33 bits per heavy atom. The number of ether oxygens (including phenoxy) is 1. The Morgan fingerprint density at radius 2 is 2.05 bits per heavy atom. The Balaban J connectivity index is 1.57. The van der Waals surface area contributed by atoms with E-state index in [4.69, 9.17) is 4.74 Å². The van der Waals surface area contributed by atoms with Gasteiger partial charge in [0.25, 0.3) is 0 Å². The molecular weight excluding hydrogens is 290 g/mol. The summed E-state index contributed by atoms with van der Waals surface area (Å²) < 4.78 is 28.6. The molecule has 0 spiro atoms. The van der Waals surface area contributed by atoms with Crippen molar-refractivity contribution in [2.45, 2.75) is 48.5 Å². The Morgan fingerprint density at radius 3 is 2.57 bits per heavy atom. The predicted molar refractivity (Wildman–Crippen MR) is 78.8 cm³/mol. The smallest absolute Gasteiger partial charge is 0.175 e. The van der Waals surface area contributed by atoms with Gasteiger partial charge in [0.1, 0.15) is 0 Å². The van der Waals surface area contributed by atoms with Crippen molar-refractivity contribution in [3.8, 4) is 0 Å². The van der Waals surface area contributed by atoms with Gasteiger partial charge in [-0.05, 0) is 37.0 Å². The summed E-state index contributed by atoms with van der Waals surface area (Å²) in [5.74, 6) is 0. The average molecular weight is 311 g/mol. The molecule has 2 bridgehead atoms. The molecule has 1 aromatic rings. The van der Waals surface area contributed by atoms with Gasteiger partial charge in [0, 0.05) is 18.8 Å². The number of benzene rings is 1. The maximum Gasteiger partial charge on any atom is 0.175 e. The van der Waals surface area contributed by atoms with Crippen LogP contribution in [0.15, 0.2) is 29.2 Å². The summed E-state index contributed by atoms with van der Waals surface area (Å²) in [7, 11) is -3.19. The van der Waals surface area contributed by atoms with Crippen LogP contribution in [0.1, 0.15) is 30.9 Å². The molecule has 0 saturated carbocycles. The maximum atomic E-state index is 11.4. The van der Waals surface area contributed by atoms with Crippen LogP contribution in [-0.4, -0.2) is 44.6 Å². The molecule has 0 radical (unpaired) electrons. The number of hydrogen-bond acceptors (Lipinski definition) is 5. The minimum Gasteiger partial charge on any atom is -0.387 e. The lowest BCUT2D eigenvalue weighted by atomic mass is 9.95. The summed E-state index contributed by atoms with van der Waals surface area (Å²) in [6, 6.07) is 6.73. The van der Waals surface area contributed by atoms with Crippen molar-refractivity contribution in [2.24, 2.45) is 0 Å². The third kappa shape index (κ3) is 3.29. The molecule has 3 rings (SSSR count). The molecule has 4 atom stereocenters. The topological polar surface area (TPSA) is 75.6 Å². The van der Waals surface area contributed by atoms with Crippen molar-refractivity contribution in [1.82, 2.24) is 5.32 Å². The minimum absolute atomic E-state index is 0.271. The summed E-state index contributed by atoms with van der Waals surface area (Å²) >= 11 is 0. The van der Waals surface area contributed by atoms with Crippen LogP contribution in [0.25, 0.3) is 0 Å². The van der Waals surface area contributed by atoms with Crippen LogP contribution in [-0.2, 0) is 14.6 Å². The fourth-order valence-electron chi connectivity index (χ4n) is 3.17. The van der Waals surface area contributed by atoms with Crippen molar-refractivity contribution in [3.05, 3.63) is 29.8 Å². The number of hydrogen-bond donors (Lipinski definition) is 2. The minimum atomic E-state index is -3.19. The second-order valence-corrected chi connectivity index (χ2v) is 8.00. The van der Waals surface area contributed by atoms with Gasteiger partial charge in [0.2, 0.25) is 0 Å². The number of nitrogens with one attached hydrogen (secondary N) is 1. The van der Waals surface area contributed by atoms with Crippen molar-refractivity contribution < 1.29 is 18.3 Å². The van der Waals surface area contributed by atoms with E-state index in [1.54, 1.807) is 12.1 Å². The van der Waals surface area contributed by atoms with E-state index in [9.17, 15) is 13.5 Å². The second-order valence-electron chi connectivity index (χ2n) is 5.98. The zero-order valence-electron chi connectivity index (χ0n) is 12.0. The standard InChI is InChI=1S/C15H21NO4S/c1-21(18,19)12-5-2-10(3-6-12)14(17)9-16-13-8-11-4-7-15(13)20-11/h2-3,5-6,11,13-17H,4,7-9H2,1H3. The zero-order valence-corrected chi connectivity index (χ0v) is 12.8. The molecule has 2 aliphatic heterocycles. The molecule has 0 amide bonds. The first-order valence-corrected chi connectivity index (χ1v) is 9.19. The number of aliphatic hydroxyl groups excluding tert-OH is 1. The fourth-order valence-corrected chi connectivity index (χ4v) is 3.80. The number of sulfone groups is 1. The first-order valence-electron chi connectivity index (χ1n) is 7.30. The molecule has 6 heteroatoms. The molecule has 2 fully saturated rings. The molecule has 0 aromatic heterocycles. The van der Waals surface area contributed by atoms with Gasteiger partial charge in [-0.15, -0.1) is 0 Å². The lowest BCUT2D eigenvalue weighted by Gasteiger charge is -2.22. The van der Waals surface area contributed by atoms with Crippen LogP contribution in [0.3, 0.4) is 0 Å². The Hall–Kier alpha value is -0.950. The number of rotatable bonds is 5. The van der Waals surface area contributed by atoms with Gasteiger partial charge in [-0.1, -0.05) is 12.1 Å². The van der Waals surface area contributed by atoms with Crippen LogP contribution in [0.5, 0.6) is 0 Å². The van der Waals surface area contributed by atoms with E-state index in [0.29, 0.717) is 18.7 Å². The van der Waals surface area contributed by atoms with Gasteiger partial charge >= 0.3 is 0 Å². The molecule has 0 aliphatic carbocycles. The lowest BCUT2D eigenvalue weighted by Crippen LogP contribution is -2.39. The van der Waals surface area contributed by atoms with E-state index >= 15 is 0 Å². The molecule has 21 heavy (non-hydrogen) atoms. The van der Waals surface area contributed by atoms with Crippen molar-refractivity contribution >= 4 is 9.84 Å². The highest BCUT2D eigenvalue weighted by Gasteiger charge is 2.40. The molecule has 2 aliphatic rings. The largest absolute Gasteiger partial charge is 0.387 e. The number of aliphatic hydroxyl groups is 1. The fraction of sp³-hybridized carbons (Fsp3) is 0.600. The predicted octanol–water partition coefficient (Wildman–Crippen LogP) is 1.03. The van der Waals surface area contributed by atoms with E-state index in [-0.39, 0.29) is 11.0 Å². The molecule has 1 aromatic carbocycles. The van der Waals surface area contributed by atoms with Crippen LogP contribution in [0, 0.1) is 0 Å². The molecule has 116 valence electrons. The molecular formula is C15H21NO4S. The summed E-state index contributed by atoms with van der Waals surface area (Å²) in [5, 5.41) is 13.6. The van der Waals surface area contributed by atoms with Gasteiger partial charge in [-0.25, -0.2) is 8.42 Å². The van der Waals surface area contributed by atoms with Gasteiger partial charge < -0.3 is 15.2 Å². The van der Waals surface area contributed by atoms with E-state index in [0.717, 1.165) is 24.8 Å². The van der Waals surface area contributed by atoms with Crippen LogP contribution in [0.2, 0.25) is 0 Å². The highest BCUT2D eigenvalue weighted by atomic mass is 32.2. The van der Waals surface area contributed by atoms with Crippen molar-refractivity contribution in [2.75, 3.05) is 12.8 Å². The summed E-state index contributed by atoms with van der Waals surface area (Å²) in [6.07, 6.45) is 4.48. The van der Waals surface area contributed by atoms with E-state index in [1.165, 1.54) is 18.4 Å². The highest BCUT2D eigenvalue weighted by molar-refractivity contribution is 7.90. The Bertz CT molecular complexity index is 599. The second kappa shape index (κ2) is 5.68. The summed E-state index contributed by atoms with van der Waals surface area (Å²) in [4.78, 5) is 0.271. The highest BCUT2D eigenvalue weighted by Crippen LogP contribution is 2.34. The molecule has 5 nitrogen and oxygen atoms in total. The maximum absolute atomic E-state index is 11.4. The van der Waals surface area contributed by atoms with Gasteiger partial charge in [0.05, 0.1) is 23.2 Å². The lowest BCUT2D eigenvalue weighted by molar-refractivity contribution is 0.0942. The third-order valence-corrected chi connectivity index (χ3v) is 5.50. The molecule has 2 N–H and O–H groups in total. The SMILES string of the molecule is CS(=O)(=O)c1ccc(C(O)CNC2CC3CCC2O3)cc1. The first kappa shape index (κ1) is 15.0. The van der Waals surface area contributed by atoms with Crippen molar-refractivity contribution in [1.29, 1.82) is 0 Å². The van der Waals surface area contributed by atoms with Gasteiger partial charge in [-0.2, -0.15) is 0 Å². The molecule has 4 unspecified atom stereocenters. The van der Waals surface area contributed by atoms with E-state index in [2.05, 4.69) is 5.32 Å². The molecule has 2 heterocycles. The number of fused-ring (bicyclic) bond motifs is 2. The first-order chi connectivity index (χ1) is 9.93. The summed E-state index contributed by atoms with van der Waals surface area (Å²) in [6.45, 7) is 0.454. The van der Waals surface area contributed by atoms with E-state index < -0.39 is 15.9 Å². The third-order valence-electron chi connectivity index (χ3n) is 4.37. The normalized spacial score (nSPS) is 29.7. The van der Waals surface area contributed by atoms with Gasteiger partial charge in [-0.3, -0.25) is 0 Å². The molecule has 2 saturated heterocycles. The summed E-state index contributed by atoms with van der Waals surface area (Å²) in [5.41, 5.74) is 0.721. The monoisotopic (exact) mass is 311 g/mol. The van der Waals surface area contributed by atoms with Crippen LogP contribution < -0.4 is 5.32 Å². The quantitative estimate of drug-likeness (QED) is 0.849. The van der Waals surface area contributed by atoms with Crippen molar-refractivity contribution in [3.63, 3.8) is 0 Å².